The van der Waals surface area contributed by atoms with Crippen LogP contribution in [0, 0.1) is 0 Å². The lowest BCUT2D eigenvalue weighted by Crippen LogP contribution is -2.20. The molecule has 2 heterocycles. The van der Waals surface area contributed by atoms with Crippen molar-refractivity contribution in [1.82, 2.24) is 9.55 Å². The van der Waals surface area contributed by atoms with Gasteiger partial charge in [-0.3, -0.25) is 14.6 Å². The molecule has 25 heavy (non-hydrogen) atoms. The number of nitrogens with zero attached hydrogens (tertiary/aromatic N) is 2. The predicted octanol–water partition coefficient (Wildman–Crippen LogP) is 3.19. The van der Waals surface area contributed by atoms with Gasteiger partial charge in [0.05, 0.1) is 16.7 Å². The number of benzene rings is 2. The molecule has 0 atom stereocenters. The zero-order valence-electron chi connectivity index (χ0n) is 13.3. The molecule has 5 heteroatoms. The molecule has 0 bridgehead atoms. The van der Waals surface area contributed by atoms with E-state index in [1.807, 2.05) is 42.5 Å². The summed E-state index contributed by atoms with van der Waals surface area (Å²) in [4.78, 5) is 28.7. The maximum atomic E-state index is 12.5. The molecule has 122 valence electrons. The van der Waals surface area contributed by atoms with Crippen molar-refractivity contribution in [3.8, 4) is 0 Å². The van der Waals surface area contributed by atoms with Gasteiger partial charge in [-0.1, -0.05) is 30.3 Å². The number of nitrogens with one attached hydrogen (secondary N) is 1. The predicted molar refractivity (Wildman–Crippen MR) is 98.6 cm³/mol. The second kappa shape index (κ2) is 6.20. The van der Waals surface area contributed by atoms with Crippen LogP contribution in [0.2, 0.25) is 0 Å². The second-order valence-corrected chi connectivity index (χ2v) is 5.75. The first kappa shape index (κ1) is 15.1. The van der Waals surface area contributed by atoms with E-state index in [0.717, 1.165) is 22.1 Å². The van der Waals surface area contributed by atoms with Gasteiger partial charge in [0, 0.05) is 29.2 Å². The summed E-state index contributed by atoms with van der Waals surface area (Å²) in [6, 6.07) is 18.2. The van der Waals surface area contributed by atoms with Crippen molar-refractivity contribution in [3.05, 3.63) is 83.3 Å². The molecular weight excluding hydrogens is 314 g/mol. The van der Waals surface area contributed by atoms with Crippen LogP contribution in [0.15, 0.2) is 77.9 Å². The van der Waals surface area contributed by atoms with Crippen molar-refractivity contribution in [2.75, 3.05) is 5.32 Å². The number of aromatic nitrogens is 2. The average Bonchev–Trinajstić information content (AvgIpc) is 2.65. The molecule has 1 N–H and O–H groups in total. The van der Waals surface area contributed by atoms with Crippen LogP contribution in [0.4, 0.5) is 5.69 Å². The van der Waals surface area contributed by atoms with Crippen molar-refractivity contribution >= 4 is 33.4 Å². The fourth-order valence-corrected chi connectivity index (χ4v) is 2.95. The maximum absolute atomic E-state index is 12.5. The Morgan fingerprint density at radius 2 is 1.72 bits per heavy atom. The molecule has 5 nitrogen and oxygen atoms in total. The highest BCUT2D eigenvalue weighted by molar-refractivity contribution is 6.01. The molecular formula is C20H15N3O2. The lowest BCUT2D eigenvalue weighted by atomic mass is 10.2. The Kier molecular flexibility index (Phi) is 3.74. The smallest absolute Gasteiger partial charge is 0.244 e. The van der Waals surface area contributed by atoms with Gasteiger partial charge < -0.3 is 9.88 Å². The fourth-order valence-electron chi connectivity index (χ4n) is 2.95. The minimum Gasteiger partial charge on any atom is -0.338 e. The Morgan fingerprint density at radius 3 is 2.60 bits per heavy atom. The van der Waals surface area contributed by atoms with Gasteiger partial charge >= 0.3 is 0 Å². The molecule has 1 amide bonds. The summed E-state index contributed by atoms with van der Waals surface area (Å²) in [7, 11) is 0. The third-order valence-electron chi connectivity index (χ3n) is 4.12. The summed E-state index contributed by atoms with van der Waals surface area (Å²) < 4.78 is 1.77. The number of rotatable bonds is 3. The van der Waals surface area contributed by atoms with Crippen molar-refractivity contribution < 1.29 is 4.79 Å². The normalized spacial score (nSPS) is 10.9. The average molecular weight is 329 g/mol. The lowest BCUT2D eigenvalue weighted by Gasteiger charge is -2.12. The zero-order valence-corrected chi connectivity index (χ0v) is 13.3. The molecule has 0 unspecified atom stereocenters. The van der Waals surface area contributed by atoms with Crippen LogP contribution in [0.5, 0.6) is 0 Å². The Hall–Kier alpha value is -3.47. The third kappa shape index (κ3) is 2.87. The van der Waals surface area contributed by atoms with E-state index in [-0.39, 0.29) is 17.9 Å². The van der Waals surface area contributed by atoms with Crippen LogP contribution in [-0.2, 0) is 11.3 Å². The second-order valence-electron chi connectivity index (χ2n) is 5.75. The summed E-state index contributed by atoms with van der Waals surface area (Å²) in [5.41, 5.74) is 2.24. The zero-order chi connectivity index (χ0) is 17.2. The van der Waals surface area contributed by atoms with Crippen LogP contribution in [0.1, 0.15) is 0 Å². The summed E-state index contributed by atoms with van der Waals surface area (Å²) >= 11 is 0. The molecule has 2 aromatic heterocycles. The Balaban J connectivity index is 1.65. The van der Waals surface area contributed by atoms with Crippen molar-refractivity contribution in [3.63, 3.8) is 0 Å². The first-order chi connectivity index (χ1) is 12.2. The number of carbonyl (C=O) groups excluding carboxylic acids is 1. The monoisotopic (exact) mass is 329 g/mol. The molecule has 0 radical (unpaired) electrons. The van der Waals surface area contributed by atoms with E-state index in [1.54, 1.807) is 29.1 Å². The summed E-state index contributed by atoms with van der Waals surface area (Å²) in [6.07, 6.45) is 3.32. The highest BCUT2D eigenvalue weighted by atomic mass is 16.2. The van der Waals surface area contributed by atoms with E-state index in [0.29, 0.717) is 5.39 Å². The van der Waals surface area contributed by atoms with Crippen molar-refractivity contribution in [2.24, 2.45) is 0 Å². The molecule has 4 rings (SSSR count). The minimum absolute atomic E-state index is 0.0487. The van der Waals surface area contributed by atoms with E-state index >= 15 is 0 Å². The number of para-hydroxylation sites is 2. The van der Waals surface area contributed by atoms with E-state index in [9.17, 15) is 9.59 Å². The van der Waals surface area contributed by atoms with Crippen LogP contribution in [-0.4, -0.2) is 15.5 Å². The largest absolute Gasteiger partial charge is 0.338 e. The molecule has 4 aromatic rings. The van der Waals surface area contributed by atoms with Gasteiger partial charge in [-0.05, 0) is 24.3 Å². The first-order valence-electron chi connectivity index (χ1n) is 7.94. The topological polar surface area (TPSA) is 64.0 Å². The van der Waals surface area contributed by atoms with Crippen molar-refractivity contribution in [2.45, 2.75) is 6.54 Å². The summed E-state index contributed by atoms with van der Waals surface area (Å²) in [5.74, 6) is -0.162. The number of anilines is 1. The quantitative estimate of drug-likeness (QED) is 0.628. The SMILES string of the molecule is O=C(Cn1ccc(=O)c2ccccc21)Nc1ccnc2ccccc12. The number of hydrogen-bond donors (Lipinski definition) is 1. The van der Waals surface area contributed by atoms with Crippen LogP contribution in [0.3, 0.4) is 0 Å². The number of hydrogen-bond acceptors (Lipinski definition) is 3. The highest BCUT2D eigenvalue weighted by Gasteiger charge is 2.09. The van der Waals surface area contributed by atoms with E-state index < -0.39 is 0 Å². The molecule has 0 aliphatic carbocycles. The molecule has 0 aliphatic heterocycles. The summed E-state index contributed by atoms with van der Waals surface area (Å²) in [5, 5.41) is 4.43. The number of carbonyl (C=O) groups is 1. The highest BCUT2D eigenvalue weighted by Crippen LogP contribution is 2.21. The van der Waals surface area contributed by atoms with E-state index in [1.165, 1.54) is 6.07 Å². The van der Waals surface area contributed by atoms with E-state index in [2.05, 4.69) is 10.3 Å². The number of amides is 1. The third-order valence-corrected chi connectivity index (χ3v) is 4.12. The molecule has 0 spiro atoms. The van der Waals surface area contributed by atoms with Gasteiger partial charge in [-0.15, -0.1) is 0 Å². The Bertz CT molecular complexity index is 1140. The molecule has 0 fully saturated rings. The van der Waals surface area contributed by atoms with Gasteiger partial charge in [-0.25, -0.2) is 0 Å². The summed E-state index contributed by atoms with van der Waals surface area (Å²) in [6.45, 7) is 0.122. The molecule has 0 saturated carbocycles. The standard InChI is InChI=1S/C20H15N3O2/c24-19-10-12-23(18-8-4-2-6-15(18)19)13-20(25)22-17-9-11-21-16-7-3-1-5-14(16)17/h1-12H,13H2,(H,21,22,25). The number of pyridine rings is 2. The van der Waals surface area contributed by atoms with Gasteiger partial charge in [0.1, 0.15) is 6.54 Å². The van der Waals surface area contributed by atoms with Crippen LogP contribution >= 0.6 is 0 Å². The lowest BCUT2D eigenvalue weighted by molar-refractivity contribution is -0.116. The molecule has 2 aromatic carbocycles. The fraction of sp³-hybridized carbons (Fsp3) is 0.0500. The van der Waals surface area contributed by atoms with Gasteiger partial charge in [-0.2, -0.15) is 0 Å². The maximum Gasteiger partial charge on any atom is 0.244 e. The molecule has 0 aliphatic rings. The number of fused-ring (bicyclic) bond motifs is 2. The minimum atomic E-state index is -0.162. The van der Waals surface area contributed by atoms with Gasteiger partial charge in [0.25, 0.3) is 0 Å². The first-order valence-corrected chi connectivity index (χ1v) is 7.94. The van der Waals surface area contributed by atoms with Crippen LogP contribution < -0.4 is 10.7 Å². The van der Waals surface area contributed by atoms with E-state index in [4.69, 9.17) is 0 Å². The van der Waals surface area contributed by atoms with Crippen molar-refractivity contribution in [1.29, 1.82) is 0 Å². The van der Waals surface area contributed by atoms with Crippen LogP contribution in [0.25, 0.3) is 21.8 Å². The van der Waals surface area contributed by atoms with Gasteiger partial charge in [0.2, 0.25) is 5.91 Å². The Labute approximate surface area is 143 Å². The molecule has 0 saturated heterocycles. The Morgan fingerprint density at radius 1 is 0.960 bits per heavy atom. The van der Waals surface area contributed by atoms with Gasteiger partial charge in [0.15, 0.2) is 5.43 Å².